The molecule has 4 heterocycles. The molecule has 0 aromatic carbocycles. The van der Waals surface area contributed by atoms with Gasteiger partial charge in [-0.1, -0.05) is 0 Å². The van der Waals surface area contributed by atoms with Crippen molar-refractivity contribution in [2.24, 2.45) is 0 Å². The van der Waals surface area contributed by atoms with E-state index in [0.717, 1.165) is 24.3 Å². The second-order valence-corrected chi connectivity index (χ2v) is 9.56. The van der Waals surface area contributed by atoms with Crippen LogP contribution < -0.4 is 15.0 Å². The summed E-state index contributed by atoms with van der Waals surface area (Å²) in [6.45, 7) is 9.04. The van der Waals surface area contributed by atoms with Crippen LogP contribution in [0.5, 0.6) is 5.75 Å². The summed E-state index contributed by atoms with van der Waals surface area (Å²) in [5, 5.41) is 12.7. The van der Waals surface area contributed by atoms with Crippen molar-refractivity contribution in [1.82, 2.24) is 30.0 Å². The first-order chi connectivity index (χ1) is 14.7. The number of anilines is 1. The van der Waals surface area contributed by atoms with Crippen LogP contribution in [-0.2, 0) is 0 Å². The zero-order valence-corrected chi connectivity index (χ0v) is 19.1. The third-order valence-electron chi connectivity index (χ3n) is 5.83. The van der Waals surface area contributed by atoms with Crippen molar-refractivity contribution in [3.05, 3.63) is 43.1 Å². The zero-order valence-electron chi connectivity index (χ0n) is 19.1. The standard InChI is InChI=1S/C23H31N7O/c1-22(2)12-17(13-23(3,4)28-22)29(5)20-8-7-18(26-27-20)21-19(31-6)11-16(14-25-21)30-10-9-24-15-30/h7-11,14-15,17,28H,12-13H2,1-6H3. The third-order valence-corrected chi connectivity index (χ3v) is 5.83. The van der Waals surface area contributed by atoms with Crippen molar-refractivity contribution in [3.63, 3.8) is 0 Å². The van der Waals surface area contributed by atoms with Gasteiger partial charge < -0.3 is 19.5 Å². The van der Waals surface area contributed by atoms with E-state index < -0.39 is 0 Å². The third kappa shape index (κ3) is 4.54. The summed E-state index contributed by atoms with van der Waals surface area (Å²) in [6, 6.07) is 6.27. The van der Waals surface area contributed by atoms with Gasteiger partial charge in [-0.05, 0) is 52.7 Å². The van der Waals surface area contributed by atoms with Gasteiger partial charge in [-0.2, -0.15) is 0 Å². The van der Waals surface area contributed by atoms with Crippen LogP contribution in [-0.4, -0.2) is 56.0 Å². The predicted octanol–water partition coefficient (Wildman–Crippen LogP) is 3.48. The Bertz CT molecular complexity index is 1010. The molecule has 0 radical (unpaired) electrons. The number of aromatic nitrogens is 5. The fourth-order valence-corrected chi connectivity index (χ4v) is 4.70. The van der Waals surface area contributed by atoms with E-state index in [-0.39, 0.29) is 11.1 Å². The van der Waals surface area contributed by atoms with Gasteiger partial charge in [0.25, 0.3) is 0 Å². The minimum Gasteiger partial charge on any atom is -0.494 e. The van der Waals surface area contributed by atoms with Crippen LogP contribution in [0.3, 0.4) is 0 Å². The lowest BCUT2D eigenvalue weighted by atomic mass is 9.79. The van der Waals surface area contributed by atoms with Gasteiger partial charge in [-0.3, -0.25) is 0 Å². The number of nitrogens with zero attached hydrogens (tertiary/aromatic N) is 6. The van der Waals surface area contributed by atoms with Gasteiger partial charge in [-0.25, -0.2) is 9.97 Å². The molecule has 1 fully saturated rings. The largest absolute Gasteiger partial charge is 0.494 e. The molecule has 164 valence electrons. The molecular formula is C23H31N7O. The Morgan fingerprint density at radius 3 is 2.45 bits per heavy atom. The Morgan fingerprint density at radius 2 is 1.87 bits per heavy atom. The number of piperidine rings is 1. The van der Waals surface area contributed by atoms with Crippen molar-refractivity contribution >= 4 is 5.82 Å². The molecule has 0 unspecified atom stereocenters. The summed E-state index contributed by atoms with van der Waals surface area (Å²) in [5.74, 6) is 1.50. The highest BCUT2D eigenvalue weighted by Crippen LogP contribution is 2.33. The Balaban J connectivity index is 1.57. The smallest absolute Gasteiger partial charge is 0.151 e. The number of pyridine rings is 1. The lowest BCUT2D eigenvalue weighted by Gasteiger charge is -2.49. The molecule has 0 spiro atoms. The minimum atomic E-state index is 0.0717. The number of hydrogen-bond donors (Lipinski definition) is 1. The predicted molar refractivity (Wildman–Crippen MR) is 122 cm³/mol. The van der Waals surface area contributed by atoms with Crippen molar-refractivity contribution in [3.8, 4) is 22.8 Å². The molecule has 31 heavy (non-hydrogen) atoms. The molecule has 1 saturated heterocycles. The maximum Gasteiger partial charge on any atom is 0.151 e. The van der Waals surface area contributed by atoms with E-state index in [1.165, 1.54) is 0 Å². The maximum absolute atomic E-state index is 5.58. The summed E-state index contributed by atoms with van der Waals surface area (Å²) in [7, 11) is 3.74. The van der Waals surface area contributed by atoms with Crippen LogP contribution in [0.15, 0.2) is 43.1 Å². The highest BCUT2D eigenvalue weighted by atomic mass is 16.5. The Morgan fingerprint density at radius 1 is 1.13 bits per heavy atom. The fourth-order valence-electron chi connectivity index (χ4n) is 4.70. The summed E-state index contributed by atoms with van der Waals surface area (Å²) >= 11 is 0. The van der Waals surface area contributed by atoms with E-state index in [1.807, 2.05) is 29.0 Å². The molecule has 1 aliphatic heterocycles. The second-order valence-electron chi connectivity index (χ2n) is 9.56. The number of methoxy groups -OCH3 is 1. The number of ether oxygens (including phenoxy) is 1. The average Bonchev–Trinajstić information content (AvgIpc) is 3.25. The van der Waals surface area contributed by atoms with E-state index in [0.29, 0.717) is 23.2 Å². The molecule has 8 heteroatoms. The molecule has 0 amide bonds. The van der Waals surface area contributed by atoms with Crippen LogP contribution in [0.4, 0.5) is 5.82 Å². The molecule has 3 aromatic heterocycles. The fraction of sp³-hybridized carbons (Fsp3) is 0.478. The number of nitrogens with one attached hydrogen (secondary N) is 1. The van der Waals surface area contributed by atoms with Crippen LogP contribution in [0, 0.1) is 0 Å². The van der Waals surface area contributed by atoms with E-state index in [9.17, 15) is 0 Å². The maximum atomic E-state index is 5.58. The number of imidazole rings is 1. The Hall–Kier alpha value is -3.00. The molecule has 0 atom stereocenters. The Labute approximate surface area is 183 Å². The first kappa shape index (κ1) is 21.2. The van der Waals surface area contributed by atoms with Crippen LogP contribution in [0.1, 0.15) is 40.5 Å². The Kier molecular flexibility index (Phi) is 5.43. The van der Waals surface area contributed by atoms with E-state index in [2.05, 4.69) is 65.1 Å². The average molecular weight is 422 g/mol. The molecule has 0 saturated carbocycles. The molecule has 3 aromatic rings. The SMILES string of the molecule is COc1cc(-n2ccnc2)cnc1-c1ccc(N(C)C2CC(C)(C)NC(C)(C)C2)nn1. The van der Waals surface area contributed by atoms with E-state index in [1.54, 1.807) is 25.8 Å². The van der Waals surface area contributed by atoms with Crippen molar-refractivity contribution in [2.75, 3.05) is 19.1 Å². The van der Waals surface area contributed by atoms with Gasteiger partial charge in [-0.15, -0.1) is 10.2 Å². The highest BCUT2D eigenvalue weighted by molar-refractivity contribution is 5.64. The van der Waals surface area contributed by atoms with Crippen LogP contribution in [0.2, 0.25) is 0 Å². The number of hydrogen-bond acceptors (Lipinski definition) is 7. The summed E-state index contributed by atoms with van der Waals surface area (Å²) in [5.41, 5.74) is 2.36. The van der Waals surface area contributed by atoms with Crippen LogP contribution >= 0.6 is 0 Å². The van der Waals surface area contributed by atoms with Gasteiger partial charge in [0.1, 0.15) is 17.1 Å². The van der Waals surface area contributed by atoms with Crippen molar-refractivity contribution < 1.29 is 4.74 Å². The normalized spacial score (nSPS) is 18.0. The van der Waals surface area contributed by atoms with Crippen molar-refractivity contribution in [1.29, 1.82) is 0 Å². The first-order valence-electron chi connectivity index (χ1n) is 10.6. The van der Waals surface area contributed by atoms with Gasteiger partial charge in [0.2, 0.25) is 0 Å². The molecule has 4 rings (SSSR count). The van der Waals surface area contributed by atoms with E-state index in [4.69, 9.17) is 4.74 Å². The summed E-state index contributed by atoms with van der Waals surface area (Å²) in [6.07, 6.45) is 9.18. The van der Waals surface area contributed by atoms with Gasteiger partial charge in [0.05, 0.1) is 25.3 Å². The molecular weight excluding hydrogens is 390 g/mol. The van der Waals surface area contributed by atoms with Gasteiger partial charge >= 0.3 is 0 Å². The monoisotopic (exact) mass is 421 g/mol. The summed E-state index contributed by atoms with van der Waals surface area (Å²) in [4.78, 5) is 10.9. The number of rotatable bonds is 5. The second kappa shape index (κ2) is 7.92. The quantitative estimate of drug-likeness (QED) is 0.675. The van der Waals surface area contributed by atoms with Gasteiger partial charge in [0, 0.05) is 42.6 Å². The molecule has 0 bridgehead atoms. The lowest BCUT2D eigenvalue weighted by molar-refractivity contribution is 0.160. The zero-order chi connectivity index (χ0) is 22.2. The highest BCUT2D eigenvalue weighted by Gasteiger charge is 2.39. The van der Waals surface area contributed by atoms with Crippen LogP contribution in [0.25, 0.3) is 17.1 Å². The first-order valence-corrected chi connectivity index (χ1v) is 10.6. The van der Waals surface area contributed by atoms with E-state index >= 15 is 0 Å². The van der Waals surface area contributed by atoms with Crippen molar-refractivity contribution in [2.45, 2.75) is 57.7 Å². The molecule has 1 N–H and O–H groups in total. The molecule has 0 aliphatic carbocycles. The molecule has 8 nitrogen and oxygen atoms in total. The van der Waals surface area contributed by atoms with Gasteiger partial charge in [0.15, 0.2) is 5.82 Å². The summed E-state index contributed by atoms with van der Waals surface area (Å²) < 4.78 is 7.46. The molecule has 1 aliphatic rings. The lowest BCUT2D eigenvalue weighted by Crippen LogP contribution is -2.62. The topological polar surface area (TPSA) is 81.0 Å². The minimum absolute atomic E-state index is 0.0717.